The third-order valence-corrected chi connectivity index (χ3v) is 4.65. The first-order chi connectivity index (χ1) is 11.0. The van der Waals surface area contributed by atoms with Crippen molar-refractivity contribution in [3.63, 3.8) is 0 Å². The highest BCUT2D eigenvalue weighted by atomic mass is 127. The molecule has 130 valence electrons. The number of anilines is 3. The first kappa shape index (κ1) is 20.6. The average Bonchev–Trinajstić information content (AvgIpc) is 2.53. The molecule has 0 saturated heterocycles. The van der Waals surface area contributed by atoms with Crippen LogP contribution in [0.25, 0.3) is 0 Å². The molecule has 6 heteroatoms. The van der Waals surface area contributed by atoms with E-state index in [0.717, 1.165) is 33.6 Å². The van der Waals surface area contributed by atoms with Gasteiger partial charge in [-0.1, -0.05) is 12.1 Å². The number of nitrogens with one attached hydrogen (secondary N) is 2. The second-order valence-corrected chi connectivity index (χ2v) is 6.39. The maximum atomic E-state index is 12.2. The summed E-state index contributed by atoms with van der Waals surface area (Å²) >= 11 is 2.20. The summed E-state index contributed by atoms with van der Waals surface area (Å²) in [4.78, 5) is 14.5. The molecule has 2 rings (SSSR count). The van der Waals surface area contributed by atoms with Crippen LogP contribution in [-0.4, -0.2) is 19.1 Å². The molecule has 2 N–H and O–H groups in total. The lowest BCUT2D eigenvalue weighted by atomic mass is 10.1. The van der Waals surface area contributed by atoms with Gasteiger partial charge in [-0.3, -0.25) is 0 Å². The molecular weight excluding hydrogens is 437 g/mol. The van der Waals surface area contributed by atoms with E-state index in [4.69, 9.17) is 0 Å². The van der Waals surface area contributed by atoms with Gasteiger partial charge in [-0.05, 0) is 79.3 Å². The molecule has 0 aromatic heterocycles. The Bertz CT molecular complexity index is 690. The third kappa shape index (κ3) is 5.27. The van der Waals surface area contributed by atoms with Crippen molar-refractivity contribution in [3.05, 3.63) is 51.6 Å². The zero-order valence-electron chi connectivity index (χ0n) is 14.1. The van der Waals surface area contributed by atoms with Crippen LogP contribution < -0.4 is 27.9 Å². The minimum absolute atomic E-state index is 0. The molecule has 2 amide bonds. The summed E-state index contributed by atoms with van der Waals surface area (Å²) in [6.45, 7) is 8.22. The maximum Gasteiger partial charge on any atom is 0.323 e. The van der Waals surface area contributed by atoms with E-state index in [1.165, 1.54) is 5.69 Å². The first-order valence-corrected chi connectivity index (χ1v) is 8.81. The van der Waals surface area contributed by atoms with Crippen LogP contribution in [0.1, 0.15) is 19.4 Å². The maximum absolute atomic E-state index is 12.2. The van der Waals surface area contributed by atoms with Crippen LogP contribution in [0.4, 0.5) is 21.9 Å². The van der Waals surface area contributed by atoms with Crippen LogP contribution in [0.5, 0.6) is 0 Å². The number of amides is 2. The molecule has 0 atom stereocenters. The summed E-state index contributed by atoms with van der Waals surface area (Å²) in [6, 6.07) is 13.6. The average molecular weight is 459 g/mol. The summed E-state index contributed by atoms with van der Waals surface area (Å²) in [5, 5.41) is 5.79. The van der Waals surface area contributed by atoms with Crippen LogP contribution in [0.3, 0.4) is 0 Å². The lowest BCUT2D eigenvalue weighted by Crippen LogP contribution is -3.00. The van der Waals surface area contributed by atoms with Gasteiger partial charge in [-0.25, -0.2) is 4.79 Å². The number of carbonyl (C=O) groups is 1. The van der Waals surface area contributed by atoms with Gasteiger partial charge < -0.3 is 27.9 Å². The van der Waals surface area contributed by atoms with Crippen molar-refractivity contribution in [2.75, 3.05) is 28.6 Å². The summed E-state index contributed by atoms with van der Waals surface area (Å²) in [5.74, 6) is 0. The molecule has 2 aromatic rings. The fourth-order valence-corrected chi connectivity index (χ4v) is 2.93. The van der Waals surface area contributed by atoms with Crippen molar-refractivity contribution >= 4 is 45.7 Å². The van der Waals surface area contributed by atoms with E-state index in [1.807, 2.05) is 43.3 Å². The number of aryl methyl sites for hydroxylation is 1. The molecule has 0 bridgehead atoms. The van der Waals surface area contributed by atoms with Crippen molar-refractivity contribution in [2.24, 2.45) is 0 Å². The second kappa shape index (κ2) is 9.74. The molecule has 0 unspecified atom stereocenters. The predicted octanol–water partition coefficient (Wildman–Crippen LogP) is 2.09. The minimum atomic E-state index is -0.229. The molecule has 0 fully saturated rings. The summed E-state index contributed by atoms with van der Waals surface area (Å²) in [7, 11) is 0. The van der Waals surface area contributed by atoms with Gasteiger partial charge in [0.2, 0.25) is 0 Å². The molecule has 0 aliphatic heterocycles. The number of hydrogen-bond donors (Lipinski definition) is 2. The van der Waals surface area contributed by atoms with Crippen LogP contribution in [0, 0.1) is 10.5 Å². The molecule has 24 heavy (non-hydrogen) atoms. The third-order valence-electron chi connectivity index (χ3n) is 3.71. The number of para-hydroxylation sites is 1. The van der Waals surface area contributed by atoms with Gasteiger partial charge in [0.05, 0.1) is 5.69 Å². The summed E-state index contributed by atoms with van der Waals surface area (Å²) in [5.41, 5.74) is 3.86. The van der Waals surface area contributed by atoms with Crippen LogP contribution in [0.2, 0.25) is 0 Å². The molecule has 0 heterocycles. The molecule has 0 radical (unpaired) electrons. The van der Waals surface area contributed by atoms with E-state index in [-0.39, 0.29) is 18.4 Å². The Labute approximate surface area is 163 Å². The number of hydrogen-bond acceptors (Lipinski definition) is 2. The number of halogens is 2. The van der Waals surface area contributed by atoms with Gasteiger partial charge in [0.25, 0.3) is 0 Å². The molecule has 0 aliphatic carbocycles. The van der Waals surface area contributed by atoms with E-state index in [0.29, 0.717) is 0 Å². The lowest BCUT2D eigenvalue weighted by molar-refractivity contribution is -0.00000756. The molecule has 0 aliphatic rings. The number of nitrogens with zero attached hydrogens (tertiary/aromatic N) is 1. The summed E-state index contributed by atoms with van der Waals surface area (Å²) in [6.07, 6.45) is 0. The van der Waals surface area contributed by atoms with E-state index < -0.39 is 0 Å². The standard InChI is InChI=1S/C18H22IN3O.ClH/c1-4-22(5-2)14-10-11-16(13(3)12-14)20-18(23)21-17-9-7-6-8-15(17)19;/h6-12H,4-5H2,1-3H3,(H2,20,21,23);1H/p-1. The lowest BCUT2D eigenvalue weighted by Gasteiger charge is -2.22. The van der Waals surface area contributed by atoms with E-state index in [9.17, 15) is 4.79 Å². The molecule has 0 spiro atoms. The van der Waals surface area contributed by atoms with Crippen molar-refractivity contribution in [1.82, 2.24) is 0 Å². The van der Waals surface area contributed by atoms with E-state index in [2.05, 4.69) is 58.0 Å². The Balaban J connectivity index is 0.00000288. The highest BCUT2D eigenvalue weighted by molar-refractivity contribution is 14.1. The van der Waals surface area contributed by atoms with Gasteiger partial charge in [-0.2, -0.15) is 0 Å². The minimum Gasteiger partial charge on any atom is -1.00 e. The highest BCUT2D eigenvalue weighted by Gasteiger charge is 2.09. The summed E-state index contributed by atoms with van der Waals surface area (Å²) < 4.78 is 1.01. The topological polar surface area (TPSA) is 44.4 Å². The van der Waals surface area contributed by atoms with E-state index >= 15 is 0 Å². The fourth-order valence-electron chi connectivity index (χ4n) is 2.41. The van der Waals surface area contributed by atoms with Crippen LogP contribution in [0.15, 0.2) is 42.5 Å². The Morgan fingerprint density at radius 3 is 2.25 bits per heavy atom. The van der Waals surface area contributed by atoms with Crippen molar-refractivity contribution in [2.45, 2.75) is 20.8 Å². The molecule has 0 saturated carbocycles. The second-order valence-electron chi connectivity index (χ2n) is 5.23. The largest absolute Gasteiger partial charge is 1.00 e. The van der Waals surface area contributed by atoms with Gasteiger partial charge in [-0.15, -0.1) is 0 Å². The number of carbonyl (C=O) groups excluding carboxylic acids is 1. The van der Waals surface area contributed by atoms with Gasteiger partial charge in [0.15, 0.2) is 0 Å². The zero-order chi connectivity index (χ0) is 16.8. The Kier molecular flexibility index (Phi) is 8.35. The SMILES string of the molecule is CCN(CC)c1ccc(NC(=O)Nc2ccccc2I)c(C)c1.[Cl-]. The van der Waals surface area contributed by atoms with Gasteiger partial charge >= 0.3 is 6.03 Å². The monoisotopic (exact) mass is 458 g/mol. The number of rotatable bonds is 5. The quantitative estimate of drug-likeness (QED) is 0.674. The van der Waals surface area contributed by atoms with Crippen LogP contribution >= 0.6 is 22.6 Å². The molecular formula is C18H22ClIN3O-. The van der Waals surface area contributed by atoms with Crippen molar-refractivity contribution in [1.29, 1.82) is 0 Å². The Hall–Kier alpha value is -1.47. The van der Waals surface area contributed by atoms with Gasteiger partial charge in [0.1, 0.15) is 0 Å². The van der Waals surface area contributed by atoms with Crippen LogP contribution in [-0.2, 0) is 0 Å². The Morgan fingerprint density at radius 1 is 1.04 bits per heavy atom. The fraction of sp³-hybridized carbons (Fsp3) is 0.278. The Morgan fingerprint density at radius 2 is 1.67 bits per heavy atom. The predicted molar refractivity (Wildman–Crippen MR) is 107 cm³/mol. The number of urea groups is 1. The van der Waals surface area contributed by atoms with Gasteiger partial charge in [0, 0.05) is 28.0 Å². The normalized spacial score (nSPS) is 9.83. The van der Waals surface area contributed by atoms with Crippen molar-refractivity contribution < 1.29 is 17.2 Å². The number of benzene rings is 2. The molecule has 2 aromatic carbocycles. The highest BCUT2D eigenvalue weighted by Crippen LogP contribution is 2.23. The molecule has 4 nitrogen and oxygen atoms in total. The zero-order valence-corrected chi connectivity index (χ0v) is 17.0. The van der Waals surface area contributed by atoms with E-state index in [1.54, 1.807) is 0 Å². The first-order valence-electron chi connectivity index (χ1n) is 7.73. The smallest absolute Gasteiger partial charge is 0.323 e. The van der Waals surface area contributed by atoms with Crippen molar-refractivity contribution in [3.8, 4) is 0 Å².